The number of imidazole rings is 1. The van der Waals surface area contributed by atoms with Crippen molar-refractivity contribution in [2.24, 2.45) is 7.05 Å². The minimum absolute atomic E-state index is 0.440. The molecule has 6 heteroatoms. The number of aryl methyl sites for hydroxylation is 1. The van der Waals surface area contributed by atoms with Crippen molar-refractivity contribution in [2.45, 2.75) is 19.5 Å². The van der Waals surface area contributed by atoms with Crippen LogP contribution in [0.4, 0.5) is 5.82 Å². The Balaban J connectivity index is 1.46. The molecule has 3 heterocycles. The van der Waals surface area contributed by atoms with Crippen molar-refractivity contribution in [1.82, 2.24) is 24.4 Å². The normalized spacial score (nSPS) is 18.2. The van der Waals surface area contributed by atoms with Crippen LogP contribution in [0.3, 0.4) is 0 Å². The average Bonchev–Trinajstić information content (AvgIpc) is 3.09. The van der Waals surface area contributed by atoms with E-state index in [1.165, 1.54) is 0 Å². The zero-order chi connectivity index (χ0) is 17.9. The molecule has 0 unspecified atom stereocenters. The molecule has 1 saturated heterocycles. The van der Waals surface area contributed by atoms with Crippen LogP contribution < -0.4 is 4.90 Å². The number of rotatable bonds is 4. The Kier molecular flexibility index (Phi) is 4.67. The van der Waals surface area contributed by atoms with Crippen LogP contribution in [0, 0.1) is 0 Å². The Hall–Kier alpha value is -2.73. The van der Waals surface area contributed by atoms with Crippen molar-refractivity contribution in [2.75, 3.05) is 24.5 Å². The predicted molar refractivity (Wildman–Crippen MR) is 103 cm³/mol. The van der Waals surface area contributed by atoms with E-state index in [9.17, 15) is 0 Å². The maximum absolute atomic E-state index is 4.80. The molecular formula is C20H24N6. The highest BCUT2D eigenvalue weighted by atomic mass is 15.3. The monoisotopic (exact) mass is 348 g/mol. The second kappa shape index (κ2) is 7.25. The third kappa shape index (κ3) is 3.46. The molecule has 0 radical (unpaired) electrons. The van der Waals surface area contributed by atoms with Crippen LogP contribution >= 0.6 is 0 Å². The molecule has 1 aromatic carbocycles. The summed E-state index contributed by atoms with van der Waals surface area (Å²) in [6, 6.07) is 12.6. The van der Waals surface area contributed by atoms with E-state index in [1.54, 1.807) is 0 Å². The van der Waals surface area contributed by atoms with Gasteiger partial charge in [0.2, 0.25) is 0 Å². The molecule has 0 bridgehead atoms. The summed E-state index contributed by atoms with van der Waals surface area (Å²) in [5.41, 5.74) is 1.05. The van der Waals surface area contributed by atoms with Crippen molar-refractivity contribution in [3.05, 3.63) is 60.8 Å². The zero-order valence-electron chi connectivity index (χ0n) is 15.3. The Bertz CT molecular complexity index is 860. The van der Waals surface area contributed by atoms with Crippen LogP contribution in [0.5, 0.6) is 0 Å². The topological polar surface area (TPSA) is 50.1 Å². The van der Waals surface area contributed by atoms with Gasteiger partial charge in [-0.05, 0) is 13.0 Å². The smallest absolute Gasteiger partial charge is 0.161 e. The summed E-state index contributed by atoms with van der Waals surface area (Å²) in [4.78, 5) is 18.5. The molecule has 6 nitrogen and oxygen atoms in total. The van der Waals surface area contributed by atoms with Crippen molar-refractivity contribution < 1.29 is 0 Å². The Morgan fingerprint density at radius 1 is 1.04 bits per heavy atom. The lowest BCUT2D eigenvalue weighted by Gasteiger charge is -2.40. The average molecular weight is 348 g/mol. The third-order valence-corrected chi connectivity index (χ3v) is 5.03. The van der Waals surface area contributed by atoms with Gasteiger partial charge in [-0.15, -0.1) is 0 Å². The molecular weight excluding hydrogens is 324 g/mol. The maximum Gasteiger partial charge on any atom is 0.161 e. The van der Waals surface area contributed by atoms with Gasteiger partial charge in [0.15, 0.2) is 5.82 Å². The van der Waals surface area contributed by atoms with Crippen LogP contribution in [-0.4, -0.2) is 50.1 Å². The molecule has 0 aliphatic carbocycles. The van der Waals surface area contributed by atoms with Gasteiger partial charge in [0.05, 0.1) is 6.54 Å². The second-order valence-corrected chi connectivity index (χ2v) is 6.82. The number of benzene rings is 1. The van der Waals surface area contributed by atoms with Crippen LogP contribution in [0.15, 0.2) is 55.0 Å². The maximum atomic E-state index is 4.80. The molecule has 1 atom stereocenters. The van der Waals surface area contributed by atoms with Crippen LogP contribution in [0.1, 0.15) is 12.7 Å². The fourth-order valence-electron chi connectivity index (χ4n) is 3.42. The SMILES string of the molecule is C[C@H]1CN(c2ccnc(-c3ccccc3)n2)CCN1Cc1nccn1C. The first-order valence-electron chi connectivity index (χ1n) is 9.04. The van der Waals surface area contributed by atoms with E-state index < -0.39 is 0 Å². The summed E-state index contributed by atoms with van der Waals surface area (Å²) in [5, 5.41) is 0. The molecule has 0 saturated carbocycles. The molecule has 2 aromatic heterocycles. The number of hydrogen-bond acceptors (Lipinski definition) is 5. The molecule has 1 aliphatic rings. The second-order valence-electron chi connectivity index (χ2n) is 6.82. The fourth-order valence-corrected chi connectivity index (χ4v) is 3.42. The highest BCUT2D eigenvalue weighted by molar-refractivity contribution is 5.57. The number of aromatic nitrogens is 4. The first kappa shape index (κ1) is 16.7. The first-order valence-corrected chi connectivity index (χ1v) is 9.04. The van der Waals surface area contributed by atoms with Gasteiger partial charge in [-0.1, -0.05) is 30.3 Å². The molecule has 26 heavy (non-hydrogen) atoms. The molecule has 1 aliphatic heterocycles. The number of hydrogen-bond donors (Lipinski definition) is 0. The van der Waals surface area contributed by atoms with Crippen molar-refractivity contribution >= 4 is 5.82 Å². The van der Waals surface area contributed by atoms with Crippen molar-refractivity contribution in [3.63, 3.8) is 0 Å². The highest BCUT2D eigenvalue weighted by Gasteiger charge is 2.25. The van der Waals surface area contributed by atoms with E-state index in [1.807, 2.05) is 55.0 Å². The van der Waals surface area contributed by atoms with E-state index in [-0.39, 0.29) is 0 Å². The molecule has 0 N–H and O–H groups in total. The Labute approximate surface area is 154 Å². The van der Waals surface area contributed by atoms with Crippen LogP contribution in [0.25, 0.3) is 11.4 Å². The molecule has 0 amide bonds. The summed E-state index contributed by atoms with van der Waals surface area (Å²) in [7, 11) is 2.05. The number of nitrogens with zero attached hydrogens (tertiary/aromatic N) is 6. The molecule has 0 spiro atoms. The minimum Gasteiger partial charge on any atom is -0.354 e. The van der Waals surface area contributed by atoms with Gasteiger partial charge in [0.1, 0.15) is 11.6 Å². The van der Waals surface area contributed by atoms with Gasteiger partial charge in [-0.25, -0.2) is 15.0 Å². The standard InChI is InChI=1S/C20H24N6/c1-16-14-26(13-12-25(16)15-19-21-10-11-24(19)2)18-8-9-22-20(23-18)17-6-4-3-5-7-17/h3-11,16H,12-15H2,1-2H3/t16-/m0/s1. The van der Waals surface area contributed by atoms with E-state index in [4.69, 9.17) is 4.98 Å². The predicted octanol–water partition coefficient (Wildman–Crippen LogP) is 2.59. The summed E-state index contributed by atoms with van der Waals surface area (Å²) in [5.74, 6) is 2.90. The van der Waals surface area contributed by atoms with Gasteiger partial charge in [-0.2, -0.15) is 0 Å². The van der Waals surface area contributed by atoms with E-state index in [2.05, 4.69) is 38.3 Å². The molecule has 4 rings (SSSR count). The van der Waals surface area contributed by atoms with Crippen molar-refractivity contribution in [1.29, 1.82) is 0 Å². The van der Waals surface area contributed by atoms with Gasteiger partial charge < -0.3 is 9.47 Å². The largest absolute Gasteiger partial charge is 0.354 e. The van der Waals surface area contributed by atoms with Crippen LogP contribution in [0.2, 0.25) is 0 Å². The molecule has 1 fully saturated rings. The highest BCUT2D eigenvalue weighted by Crippen LogP contribution is 2.21. The van der Waals surface area contributed by atoms with Gasteiger partial charge >= 0.3 is 0 Å². The molecule has 3 aromatic rings. The summed E-state index contributed by atoms with van der Waals surface area (Å²) in [6.45, 7) is 6.07. The number of anilines is 1. The zero-order valence-corrected chi connectivity index (χ0v) is 15.3. The Morgan fingerprint density at radius 3 is 2.62 bits per heavy atom. The number of piperazine rings is 1. The first-order chi connectivity index (χ1) is 12.7. The van der Waals surface area contributed by atoms with E-state index in [0.717, 1.165) is 49.2 Å². The summed E-state index contributed by atoms with van der Waals surface area (Å²) < 4.78 is 2.09. The minimum atomic E-state index is 0.440. The fraction of sp³-hybridized carbons (Fsp3) is 0.350. The van der Waals surface area contributed by atoms with Crippen molar-refractivity contribution in [3.8, 4) is 11.4 Å². The quantitative estimate of drug-likeness (QED) is 0.725. The lowest BCUT2D eigenvalue weighted by atomic mass is 10.2. The van der Waals surface area contributed by atoms with Gasteiger partial charge in [-0.3, -0.25) is 4.90 Å². The molecule has 134 valence electrons. The lowest BCUT2D eigenvalue weighted by Crippen LogP contribution is -2.52. The lowest BCUT2D eigenvalue weighted by molar-refractivity contribution is 0.174. The van der Waals surface area contributed by atoms with Gasteiger partial charge in [0.25, 0.3) is 0 Å². The third-order valence-electron chi connectivity index (χ3n) is 5.03. The summed E-state index contributed by atoms with van der Waals surface area (Å²) >= 11 is 0. The van der Waals surface area contributed by atoms with Gasteiger partial charge in [0, 0.05) is 56.9 Å². The summed E-state index contributed by atoms with van der Waals surface area (Å²) in [6.07, 6.45) is 5.72. The van der Waals surface area contributed by atoms with E-state index >= 15 is 0 Å². The van der Waals surface area contributed by atoms with Crippen LogP contribution in [-0.2, 0) is 13.6 Å². The van der Waals surface area contributed by atoms with E-state index in [0.29, 0.717) is 6.04 Å². The Morgan fingerprint density at radius 2 is 1.88 bits per heavy atom.